The van der Waals surface area contributed by atoms with Crippen LogP contribution in [0.1, 0.15) is 24.1 Å². The maximum atomic E-state index is 13.0. The molecule has 1 unspecified atom stereocenters. The van der Waals surface area contributed by atoms with Crippen molar-refractivity contribution >= 4 is 36.0 Å². The highest BCUT2D eigenvalue weighted by Crippen LogP contribution is 2.22. The summed E-state index contributed by atoms with van der Waals surface area (Å²) in [5.74, 6) is 3.57. The number of rotatable bonds is 4. The molecule has 3 rings (SSSR count). The van der Waals surface area contributed by atoms with Crippen LogP contribution in [0.4, 0.5) is 10.2 Å². The van der Waals surface area contributed by atoms with E-state index in [4.69, 9.17) is 0 Å². The summed E-state index contributed by atoms with van der Waals surface area (Å²) in [6, 6.07) is 12.4. The summed E-state index contributed by atoms with van der Waals surface area (Å²) < 4.78 is 13.0. The molecule has 3 nitrogen and oxygen atoms in total. The summed E-state index contributed by atoms with van der Waals surface area (Å²) in [7, 11) is 1.44. The van der Waals surface area contributed by atoms with Gasteiger partial charge in [0, 0.05) is 62.5 Å². The molecule has 0 saturated heterocycles. The number of nitrogens with one attached hydrogen (secondary N) is 1. The van der Waals surface area contributed by atoms with Gasteiger partial charge in [0.25, 0.3) is 0 Å². The van der Waals surface area contributed by atoms with E-state index in [1.807, 2.05) is 25.1 Å². The lowest BCUT2D eigenvalue weighted by Gasteiger charge is -2.15. The van der Waals surface area contributed by atoms with E-state index < -0.39 is 0 Å². The van der Waals surface area contributed by atoms with Crippen molar-refractivity contribution in [2.45, 2.75) is 13.0 Å². The average Bonchev–Trinajstić information content (AvgIpc) is 2.67. The molecule has 2 aromatic heterocycles. The molecule has 2 heterocycles. The zero-order valence-electron chi connectivity index (χ0n) is 13.9. The third-order valence-corrected chi connectivity index (χ3v) is 4.64. The van der Waals surface area contributed by atoms with Gasteiger partial charge < -0.3 is 5.32 Å². The van der Waals surface area contributed by atoms with E-state index in [1.54, 1.807) is 30.7 Å². The second kappa shape index (κ2) is 9.01. The monoisotopic (exact) mass is 475 g/mol. The van der Waals surface area contributed by atoms with Crippen LogP contribution in [0, 0.1) is 17.0 Å². The van der Waals surface area contributed by atoms with Gasteiger partial charge >= 0.3 is 0 Å². The largest absolute Gasteiger partial charge is 0.364 e. The molecule has 0 bridgehead atoms. The van der Waals surface area contributed by atoms with Crippen LogP contribution < -0.4 is 5.32 Å². The van der Waals surface area contributed by atoms with Gasteiger partial charge in [-0.25, -0.2) is 9.37 Å². The van der Waals surface area contributed by atoms with Crippen LogP contribution in [0.25, 0.3) is 11.1 Å². The van der Waals surface area contributed by atoms with Crippen molar-refractivity contribution in [2.24, 2.45) is 0 Å². The van der Waals surface area contributed by atoms with E-state index in [9.17, 15) is 4.39 Å². The van der Waals surface area contributed by atoms with Crippen molar-refractivity contribution in [1.82, 2.24) is 9.97 Å². The minimum absolute atomic E-state index is 0.0278. The summed E-state index contributed by atoms with van der Waals surface area (Å²) in [5, 5.41) is 6.28. The van der Waals surface area contributed by atoms with Gasteiger partial charge in [0.15, 0.2) is 0 Å². The highest BCUT2D eigenvalue weighted by molar-refractivity contribution is 14.2. The molecule has 130 valence electrons. The van der Waals surface area contributed by atoms with E-state index in [0.717, 1.165) is 28.1 Å². The van der Waals surface area contributed by atoms with Crippen molar-refractivity contribution in [2.75, 3.05) is 5.32 Å². The first-order chi connectivity index (χ1) is 12.7. The number of halogens is 2. The third kappa shape index (κ3) is 4.96. The number of hydrogen-bond donors (Lipinski definition) is 1. The highest BCUT2D eigenvalue weighted by atomic mass is 127. The molecule has 0 aliphatic rings. The summed E-state index contributed by atoms with van der Waals surface area (Å²) >= 11 is 2.14. The zero-order chi connectivity index (χ0) is 18.4. The first kappa shape index (κ1) is 18.7. The van der Waals surface area contributed by atoms with E-state index in [0.29, 0.717) is 0 Å². The standard InChI is InChI=1S/C20H15FIN3S/c1-14(16-2-5-19(21)6-3-16)25-20-7-4-17(13-24-20)18-10-15(8-9-26-22)11-23-12-18/h2-7,10-14H,1H3,(H,24,25). The number of pyridine rings is 2. The van der Waals surface area contributed by atoms with Crippen molar-refractivity contribution in [3.63, 3.8) is 0 Å². The molecular formula is C20H15FIN3S. The molecule has 26 heavy (non-hydrogen) atoms. The van der Waals surface area contributed by atoms with Gasteiger partial charge in [-0.15, -0.1) is 0 Å². The first-order valence-electron chi connectivity index (χ1n) is 7.88. The quantitative estimate of drug-likeness (QED) is 0.380. The predicted molar refractivity (Wildman–Crippen MR) is 114 cm³/mol. The van der Waals surface area contributed by atoms with Gasteiger partial charge in [-0.05, 0) is 57.0 Å². The Morgan fingerprint density at radius 3 is 2.58 bits per heavy atom. The number of aromatic nitrogens is 2. The third-order valence-electron chi connectivity index (χ3n) is 3.80. The van der Waals surface area contributed by atoms with Crippen LogP contribution in [0.5, 0.6) is 0 Å². The Balaban J connectivity index is 1.73. The Kier molecular flexibility index (Phi) is 6.47. The summed E-state index contributed by atoms with van der Waals surface area (Å²) in [6.07, 6.45) is 5.35. The second-order valence-electron chi connectivity index (χ2n) is 5.62. The molecule has 0 amide bonds. The highest BCUT2D eigenvalue weighted by Gasteiger charge is 2.07. The van der Waals surface area contributed by atoms with Crippen molar-refractivity contribution in [3.05, 3.63) is 78.0 Å². The molecular weight excluding hydrogens is 460 g/mol. The molecule has 6 heteroatoms. The lowest BCUT2D eigenvalue weighted by Crippen LogP contribution is -2.07. The van der Waals surface area contributed by atoms with Crippen molar-refractivity contribution in [3.8, 4) is 22.3 Å². The average molecular weight is 475 g/mol. The fourth-order valence-electron chi connectivity index (χ4n) is 2.45. The van der Waals surface area contributed by atoms with Gasteiger partial charge in [0.1, 0.15) is 11.6 Å². The normalized spacial score (nSPS) is 11.3. The number of benzene rings is 1. The number of hydrogen-bond acceptors (Lipinski definition) is 4. The Hall–Kier alpha value is -2.11. The van der Waals surface area contributed by atoms with Crippen LogP contribution in [-0.2, 0) is 0 Å². The Morgan fingerprint density at radius 2 is 1.88 bits per heavy atom. The van der Waals surface area contributed by atoms with Gasteiger partial charge in [0.05, 0.1) is 0 Å². The van der Waals surface area contributed by atoms with E-state index in [-0.39, 0.29) is 11.9 Å². The van der Waals surface area contributed by atoms with Gasteiger partial charge in [-0.2, -0.15) is 0 Å². The molecule has 0 fully saturated rings. The molecule has 0 aliphatic heterocycles. The van der Waals surface area contributed by atoms with Crippen LogP contribution >= 0.6 is 30.1 Å². The van der Waals surface area contributed by atoms with Crippen LogP contribution in [-0.4, -0.2) is 9.97 Å². The summed E-state index contributed by atoms with van der Waals surface area (Å²) in [4.78, 5) is 8.72. The maximum absolute atomic E-state index is 13.0. The SMILES string of the molecule is CC(Nc1ccc(-c2cncc(C#CSI)c2)cn1)c1ccc(F)cc1. The molecule has 1 N–H and O–H groups in total. The Bertz CT molecular complexity index is 934. The maximum Gasteiger partial charge on any atom is 0.126 e. The topological polar surface area (TPSA) is 37.8 Å². The lowest BCUT2D eigenvalue weighted by atomic mass is 10.1. The van der Waals surface area contributed by atoms with Gasteiger partial charge in [-0.3, -0.25) is 4.98 Å². The van der Waals surface area contributed by atoms with Crippen molar-refractivity contribution in [1.29, 1.82) is 0 Å². The smallest absolute Gasteiger partial charge is 0.126 e. The van der Waals surface area contributed by atoms with Gasteiger partial charge in [-0.1, -0.05) is 18.1 Å². The van der Waals surface area contributed by atoms with Gasteiger partial charge in [0.2, 0.25) is 0 Å². The van der Waals surface area contributed by atoms with Crippen LogP contribution in [0.3, 0.4) is 0 Å². The molecule has 0 aliphatic carbocycles. The molecule has 0 saturated carbocycles. The van der Waals surface area contributed by atoms with Crippen LogP contribution in [0.2, 0.25) is 0 Å². The number of nitrogens with zero attached hydrogens (tertiary/aromatic N) is 2. The first-order valence-corrected chi connectivity index (χ1v) is 11.2. The fraction of sp³-hybridized carbons (Fsp3) is 0.100. The summed E-state index contributed by atoms with van der Waals surface area (Å²) in [5.41, 5.74) is 3.82. The molecule has 0 spiro atoms. The molecule has 3 aromatic rings. The van der Waals surface area contributed by atoms with Crippen molar-refractivity contribution < 1.29 is 4.39 Å². The minimum atomic E-state index is -0.235. The van der Waals surface area contributed by atoms with E-state index >= 15 is 0 Å². The van der Waals surface area contributed by atoms with E-state index in [1.165, 1.54) is 21.1 Å². The Labute approximate surface area is 168 Å². The fourth-order valence-corrected chi connectivity index (χ4v) is 2.94. The molecule has 0 radical (unpaired) electrons. The number of anilines is 1. The Morgan fingerprint density at radius 1 is 1.08 bits per heavy atom. The second-order valence-corrected chi connectivity index (χ2v) is 7.30. The minimum Gasteiger partial charge on any atom is -0.364 e. The lowest BCUT2D eigenvalue weighted by molar-refractivity contribution is 0.626. The predicted octanol–water partition coefficient (Wildman–Crippen LogP) is 5.85. The molecule has 1 atom stereocenters. The summed E-state index contributed by atoms with van der Waals surface area (Å²) in [6.45, 7) is 2.01. The van der Waals surface area contributed by atoms with E-state index in [2.05, 4.69) is 47.7 Å². The van der Waals surface area contributed by atoms with Crippen LogP contribution in [0.15, 0.2) is 61.1 Å². The zero-order valence-corrected chi connectivity index (χ0v) is 16.9. The molecule has 1 aromatic carbocycles.